The number of para-hydroxylation sites is 1. The zero-order valence-electron chi connectivity index (χ0n) is 13.1. The van der Waals surface area contributed by atoms with Crippen molar-refractivity contribution in [3.8, 4) is 16.5 Å². The molecule has 1 heterocycles. The Balaban J connectivity index is 1.83. The van der Waals surface area contributed by atoms with Crippen LogP contribution in [0.15, 0.2) is 72.3 Å². The van der Waals surface area contributed by atoms with Crippen molar-refractivity contribution in [2.45, 2.75) is 0 Å². The minimum atomic E-state index is -0.477. The number of rotatable bonds is 4. The highest BCUT2D eigenvalue weighted by atomic mass is 32.1. The number of thiophene rings is 1. The fraction of sp³-hybridized carbons (Fsp3) is 0. The smallest absolute Gasteiger partial charge is 0.266 e. The summed E-state index contributed by atoms with van der Waals surface area (Å²) in [6.45, 7) is 0. The van der Waals surface area contributed by atoms with Crippen molar-refractivity contribution in [2.24, 2.45) is 0 Å². The van der Waals surface area contributed by atoms with Crippen LogP contribution in [0, 0.1) is 17.1 Å². The highest BCUT2D eigenvalue weighted by Crippen LogP contribution is 2.31. The van der Waals surface area contributed by atoms with E-state index in [9.17, 15) is 14.4 Å². The van der Waals surface area contributed by atoms with Crippen LogP contribution in [-0.4, -0.2) is 5.91 Å². The third-order valence-electron chi connectivity index (χ3n) is 3.45. The van der Waals surface area contributed by atoms with Gasteiger partial charge in [0.1, 0.15) is 17.5 Å². The van der Waals surface area contributed by atoms with Gasteiger partial charge in [0.15, 0.2) is 0 Å². The zero-order valence-corrected chi connectivity index (χ0v) is 13.9. The maximum atomic E-state index is 13.9. The fourth-order valence-electron chi connectivity index (χ4n) is 2.25. The zero-order chi connectivity index (χ0) is 17.6. The second-order valence-corrected chi connectivity index (χ2v) is 6.29. The molecule has 25 heavy (non-hydrogen) atoms. The number of nitriles is 1. The molecule has 0 atom stereocenters. The number of nitrogens with zero attached hydrogens (tertiary/aromatic N) is 1. The van der Waals surface area contributed by atoms with E-state index in [0.717, 1.165) is 4.88 Å². The number of carbonyl (C=O) groups is 1. The van der Waals surface area contributed by atoms with E-state index >= 15 is 0 Å². The first-order valence-electron chi connectivity index (χ1n) is 7.50. The maximum Gasteiger partial charge on any atom is 0.266 e. The van der Waals surface area contributed by atoms with Gasteiger partial charge >= 0.3 is 0 Å². The van der Waals surface area contributed by atoms with Crippen molar-refractivity contribution >= 4 is 29.0 Å². The van der Waals surface area contributed by atoms with Crippen LogP contribution >= 0.6 is 11.3 Å². The summed E-state index contributed by atoms with van der Waals surface area (Å²) >= 11 is 1.32. The fourth-order valence-corrected chi connectivity index (χ4v) is 3.23. The number of halogens is 1. The number of benzene rings is 2. The second kappa shape index (κ2) is 7.56. The van der Waals surface area contributed by atoms with E-state index in [0.29, 0.717) is 16.1 Å². The van der Waals surface area contributed by atoms with E-state index in [2.05, 4.69) is 5.32 Å². The van der Waals surface area contributed by atoms with E-state index in [1.807, 2.05) is 12.1 Å². The first-order chi connectivity index (χ1) is 12.2. The normalized spacial score (nSPS) is 11.0. The van der Waals surface area contributed by atoms with Crippen LogP contribution in [0.2, 0.25) is 0 Å². The van der Waals surface area contributed by atoms with Gasteiger partial charge in [-0.05, 0) is 36.4 Å². The van der Waals surface area contributed by atoms with Gasteiger partial charge in [-0.2, -0.15) is 5.26 Å². The number of carbonyl (C=O) groups excluding carboxylic acids is 1. The summed E-state index contributed by atoms with van der Waals surface area (Å²) in [5.41, 5.74) is 1.11. The Bertz CT molecular complexity index is 971. The van der Waals surface area contributed by atoms with Gasteiger partial charge < -0.3 is 5.32 Å². The molecule has 122 valence electrons. The van der Waals surface area contributed by atoms with Gasteiger partial charge in [-0.3, -0.25) is 4.79 Å². The lowest BCUT2D eigenvalue weighted by Gasteiger charge is -2.03. The standard InChI is InChI=1S/C20H13FN2OS/c21-18-9-5-4-8-17(18)19-11-10-16(25-19)12-14(13-22)20(24)23-15-6-2-1-3-7-15/h1-12H,(H,23,24)/b14-12+. The Morgan fingerprint density at radius 2 is 1.76 bits per heavy atom. The van der Waals surface area contributed by atoms with Crippen molar-refractivity contribution in [1.82, 2.24) is 0 Å². The highest BCUT2D eigenvalue weighted by molar-refractivity contribution is 7.16. The van der Waals surface area contributed by atoms with Crippen LogP contribution in [0.25, 0.3) is 16.5 Å². The van der Waals surface area contributed by atoms with Gasteiger partial charge in [-0.25, -0.2) is 4.39 Å². The van der Waals surface area contributed by atoms with Gasteiger partial charge in [-0.1, -0.05) is 36.4 Å². The van der Waals surface area contributed by atoms with Crippen LogP contribution in [0.1, 0.15) is 4.88 Å². The molecule has 2 aromatic carbocycles. The number of amides is 1. The highest BCUT2D eigenvalue weighted by Gasteiger charge is 2.11. The summed E-state index contributed by atoms with van der Waals surface area (Å²) in [5.74, 6) is -0.781. The molecule has 3 rings (SSSR count). The molecular weight excluding hydrogens is 335 g/mol. The van der Waals surface area contributed by atoms with Gasteiger partial charge in [0.05, 0.1) is 0 Å². The largest absolute Gasteiger partial charge is 0.321 e. The average Bonchev–Trinajstić information content (AvgIpc) is 3.09. The van der Waals surface area contributed by atoms with Gasteiger partial charge in [0.2, 0.25) is 0 Å². The van der Waals surface area contributed by atoms with Crippen LogP contribution in [0.3, 0.4) is 0 Å². The molecule has 0 saturated carbocycles. The van der Waals surface area contributed by atoms with Gasteiger partial charge in [0, 0.05) is 21.0 Å². The molecule has 0 bridgehead atoms. The average molecular weight is 348 g/mol. The summed E-state index contributed by atoms with van der Waals surface area (Å²) in [5, 5.41) is 11.9. The van der Waals surface area contributed by atoms with E-state index in [1.165, 1.54) is 23.5 Å². The van der Waals surface area contributed by atoms with E-state index in [4.69, 9.17) is 0 Å². The third-order valence-corrected chi connectivity index (χ3v) is 4.51. The first-order valence-corrected chi connectivity index (χ1v) is 8.32. The molecule has 1 aromatic heterocycles. The topological polar surface area (TPSA) is 52.9 Å². The van der Waals surface area contributed by atoms with Crippen LogP contribution in [-0.2, 0) is 4.79 Å². The molecule has 1 amide bonds. The predicted octanol–water partition coefficient (Wildman–Crippen LogP) is 5.10. The molecule has 0 aliphatic rings. The van der Waals surface area contributed by atoms with Gasteiger partial charge in [0.25, 0.3) is 5.91 Å². The summed E-state index contributed by atoms with van der Waals surface area (Å²) in [6.07, 6.45) is 1.51. The van der Waals surface area contributed by atoms with Crippen LogP contribution < -0.4 is 5.32 Å². The first kappa shape index (κ1) is 16.6. The molecule has 3 nitrogen and oxygen atoms in total. The number of nitrogens with one attached hydrogen (secondary N) is 1. The summed E-state index contributed by atoms with van der Waals surface area (Å²) in [4.78, 5) is 13.7. The molecule has 0 saturated heterocycles. The molecule has 0 spiro atoms. The third kappa shape index (κ3) is 4.00. The van der Waals surface area contributed by atoms with Crippen LogP contribution in [0.5, 0.6) is 0 Å². The molecule has 3 aromatic rings. The van der Waals surface area contributed by atoms with Crippen molar-refractivity contribution in [3.63, 3.8) is 0 Å². The second-order valence-electron chi connectivity index (χ2n) is 5.17. The summed E-state index contributed by atoms with van der Waals surface area (Å²) < 4.78 is 13.9. The SMILES string of the molecule is N#C/C(=C\c1ccc(-c2ccccc2F)s1)C(=O)Nc1ccccc1. The Hall–Kier alpha value is -3.23. The lowest BCUT2D eigenvalue weighted by Crippen LogP contribution is -2.13. The quantitative estimate of drug-likeness (QED) is 0.527. The molecule has 0 aliphatic heterocycles. The molecule has 0 aliphatic carbocycles. The number of anilines is 1. The van der Waals surface area contributed by atoms with Crippen LogP contribution in [0.4, 0.5) is 10.1 Å². The molecular formula is C20H13FN2OS. The van der Waals surface area contributed by atoms with Crippen molar-refractivity contribution in [3.05, 3.63) is 83.0 Å². The van der Waals surface area contributed by atoms with E-state index in [1.54, 1.807) is 54.6 Å². The summed E-state index contributed by atoms with van der Waals surface area (Å²) in [6, 6.07) is 20.9. The Kier molecular flexibility index (Phi) is 5.03. The molecule has 0 unspecified atom stereocenters. The Morgan fingerprint density at radius 1 is 1.04 bits per heavy atom. The monoisotopic (exact) mass is 348 g/mol. The minimum Gasteiger partial charge on any atom is -0.321 e. The lowest BCUT2D eigenvalue weighted by atomic mass is 10.2. The van der Waals surface area contributed by atoms with E-state index in [-0.39, 0.29) is 11.4 Å². The van der Waals surface area contributed by atoms with Gasteiger partial charge in [-0.15, -0.1) is 11.3 Å². The van der Waals surface area contributed by atoms with E-state index < -0.39 is 5.91 Å². The molecule has 5 heteroatoms. The molecule has 0 radical (unpaired) electrons. The van der Waals surface area contributed by atoms with Crippen molar-refractivity contribution < 1.29 is 9.18 Å². The number of hydrogen-bond donors (Lipinski definition) is 1. The van der Waals surface area contributed by atoms with Crippen molar-refractivity contribution in [2.75, 3.05) is 5.32 Å². The molecule has 1 N–H and O–H groups in total. The Labute approximate surface area is 148 Å². The maximum absolute atomic E-state index is 13.9. The van der Waals surface area contributed by atoms with Crippen molar-refractivity contribution in [1.29, 1.82) is 5.26 Å². The molecule has 0 fully saturated rings. The lowest BCUT2D eigenvalue weighted by molar-refractivity contribution is -0.112. The predicted molar refractivity (Wildman–Crippen MR) is 98.4 cm³/mol. The number of hydrogen-bond acceptors (Lipinski definition) is 3. The summed E-state index contributed by atoms with van der Waals surface area (Å²) in [7, 11) is 0. The minimum absolute atomic E-state index is 0.00853. The Morgan fingerprint density at radius 3 is 2.48 bits per heavy atom.